The SMILES string of the molecule is O=[N+]([O-])[O-].[K+].[Pd]. The van der Waals surface area contributed by atoms with Crippen LogP contribution in [0, 0.1) is 15.3 Å². The Kier molecular flexibility index (Phi) is 25.3. The zero-order valence-corrected chi connectivity index (χ0v) is 7.67. The van der Waals surface area contributed by atoms with E-state index in [1.165, 1.54) is 0 Å². The molecule has 34 valence electrons. The fourth-order valence-electron chi connectivity index (χ4n) is 0. The van der Waals surface area contributed by atoms with E-state index in [4.69, 9.17) is 15.3 Å². The van der Waals surface area contributed by atoms with Crippen LogP contribution in [0.3, 0.4) is 0 Å². The van der Waals surface area contributed by atoms with Crippen molar-refractivity contribution in [3.8, 4) is 0 Å². The Bertz CT molecular complexity index is 33.8. The van der Waals surface area contributed by atoms with Gasteiger partial charge in [0.05, 0.1) is 5.09 Å². The molecule has 0 aromatic heterocycles. The molecule has 0 rings (SSSR count). The van der Waals surface area contributed by atoms with Crippen LogP contribution in [0.2, 0.25) is 0 Å². The third-order valence-corrected chi connectivity index (χ3v) is 0. The van der Waals surface area contributed by atoms with Gasteiger partial charge in [-0.05, 0) is 0 Å². The van der Waals surface area contributed by atoms with Crippen LogP contribution in [0.5, 0.6) is 0 Å². The number of rotatable bonds is 0. The maximum Gasteiger partial charge on any atom is 1.00 e. The van der Waals surface area contributed by atoms with Crippen LogP contribution < -0.4 is 51.4 Å². The molecule has 0 N–H and O–H groups in total. The van der Waals surface area contributed by atoms with Crippen molar-refractivity contribution in [2.75, 3.05) is 0 Å². The predicted octanol–water partition coefficient (Wildman–Crippen LogP) is -3.24. The molecule has 6 heavy (non-hydrogen) atoms. The van der Waals surface area contributed by atoms with Gasteiger partial charge in [-0.25, -0.2) is 0 Å². The first-order valence-corrected chi connectivity index (χ1v) is 0.548. The van der Waals surface area contributed by atoms with E-state index in [0.29, 0.717) is 0 Å². The van der Waals surface area contributed by atoms with Gasteiger partial charge in [0.1, 0.15) is 0 Å². The van der Waals surface area contributed by atoms with Crippen molar-refractivity contribution in [1.29, 1.82) is 0 Å². The van der Waals surface area contributed by atoms with Crippen molar-refractivity contribution in [3.05, 3.63) is 15.3 Å². The average Bonchev–Trinajstić information content (AvgIpc) is 0.811. The summed E-state index contributed by atoms with van der Waals surface area (Å²) in [6.07, 6.45) is 0. The molecule has 0 spiro atoms. The topological polar surface area (TPSA) is 66.2 Å². The number of hydrogen-bond acceptors (Lipinski definition) is 3. The van der Waals surface area contributed by atoms with Crippen LogP contribution in [-0.4, -0.2) is 5.09 Å². The monoisotopic (exact) mass is 207 g/mol. The van der Waals surface area contributed by atoms with E-state index in [1.54, 1.807) is 0 Å². The van der Waals surface area contributed by atoms with E-state index >= 15 is 0 Å². The molecule has 0 saturated heterocycles. The minimum atomic E-state index is -1.75. The minimum Gasteiger partial charge on any atom is -0.356 e. The minimum absolute atomic E-state index is 0. The standard InChI is InChI=1S/K.NO3.Pd/c;2-1(3)4;/q+1;-1;. The smallest absolute Gasteiger partial charge is 0.356 e. The summed E-state index contributed by atoms with van der Waals surface area (Å²) in [5.41, 5.74) is 0. The molecule has 4 nitrogen and oxygen atoms in total. The Morgan fingerprint density at radius 1 is 1.33 bits per heavy atom. The van der Waals surface area contributed by atoms with Gasteiger partial charge in [0, 0.05) is 20.4 Å². The first kappa shape index (κ1) is 15.6. The zero-order chi connectivity index (χ0) is 3.58. The third-order valence-electron chi connectivity index (χ3n) is 0. The van der Waals surface area contributed by atoms with Crippen LogP contribution >= 0.6 is 0 Å². The van der Waals surface area contributed by atoms with Gasteiger partial charge in [0.2, 0.25) is 0 Å². The second kappa shape index (κ2) is 9.71. The van der Waals surface area contributed by atoms with Gasteiger partial charge in [-0.15, -0.1) is 0 Å². The van der Waals surface area contributed by atoms with E-state index in [-0.39, 0.29) is 71.8 Å². The third kappa shape index (κ3) is 49.5. The Morgan fingerprint density at radius 2 is 1.33 bits per heavy atom. The molecule has 0 aliphatic heterocycles. The van der Waals surface area contributed by atoms with Crippen LogP contribution in [0.15, 0.2) is 0 Å². The molecule has 0 fully saturated rings. The van der Waals surface area contributed by atoms with Gasteiger partial charge in [-0.2, -0.15) is 0 Å². The Balaban J connectivity index is -0.0000000450. The van der Waals surface area contributed by atoms with E-state index in [1.807, 2.05) is 0 Å². The number of hydrogen-bond donors (Lipinski definition) is 0. The second-order valence-electron chi connectivity index (χ2n) is 0.224. The van der Waals surface area contributed by atoms with Gasteiger partial charge in [0.25, 0.3) is 0 Å². The van der Waals surface area contributed by atoms with Crippen molar-refractivity contribution in [2.24, 2.45) is 0 Å². The van der Waals surface area contributed by atoms with Crippen LogP contribution in [0.25, 0.3) is 0 Å². The van der Waals surface area contributed by atoms with Gasteiger partial charge < -0.3 is 15.3 Å². The first-order valence-electron chi connectivity index (χ1n) is 0.548. The zero-order valence-electron chi connectivity index (χ0n) is 2.99. The Hall–Kier alpha value is 1.50. The fraction of sp³-hybridized carbons (Fsp3) is 0. The summed E-state index contributed by atoms with van der Waals surface area (Å²) in [7, 11) is 0. The van der Waals surface area contributed by atoms with Crippen LogP contribution in [0.1, 0.15) is 0 Å². The Labute approximate surface area is 90.5 Å². The normalized spacial score (nSPS) is 4.00. The van der Waals surface area contributed by atoms with Crippen molar-refractivity contribution >= 4 is 0 Å². The van der Waals surface area contributed by atoms with Gasteiger partial charge in [-0.3, -0.25) is 0 Å². The van der Waals surface area contributed by atoms with Crippen LogP contribution in [0.4, 0.5) is 0 Å². The Morgan fingerprint density at radius 3 is 1.33 bits per heavy atom. The molecule has 0 aromatic carbocycles. The molecule has 0 unspecified atom stereocenters. The van der Waals surface area contributed by atoms with E-state index in [0.717, 1.165) is 0 Å². The van der Waals surface area contributed by atoms with Crippen molar-refractivity contribution < 1.29 is 76.9 Å². The van der Waals surface area contributed by atoms with Crippen molar-refractivity contribution in [1.82, 2.24) is 0 Å². The van der Waals surface area contributed by atoms with Crippen molar-refractivity contribution in [3.63, 3.8) is 0 Å². The first-order chi connectivity index (χ1) is 1.73. The molecule has 0 aromatic rings. The summed E-state index contributed by atoms with van der Waals surface area (Å²) in [6.45, 7) is 0. The molecule has 0 saturated carbocycles. The maximum absolute atomic E-state index is 8.25. The summed E-state index contributed by atoms with van der Waals surface area (Å²) in [6, 6.07) is 0. The molecule has 0 aliphatic carbocycles. The summed E-state index contributed by atoms with van der Waals surface area (Å²) in [5.74, 6) is 0. The summed E-state index contributed by atoms with van der Waals surface area (Å²) in [4.78, 5) is 8.25. The predicted molar refractivity (Wildman–Crippen MR) is 10.4 cm³/mol. The molecule has 0 aliphatic rings. The number of nitrogens with zero attached hydrogens (tertiary/aromatic N) is 1. The van der Waals surface area contributed by atoms with Gasteiger partial charge >= 0.3 is 51.4 Å². The van der Waals surface area contributed by atoms with Gasteiger partial charge in [-0.1, -0.05) is 0 Å². The van der Waals surface area contributed by atoms with E-state index in [2.05, 4.69) is 0 Å². The molecule has 0 atom stereocenters. The van der Waals surface area contributed by atoms with E-state index in [9.17, 15) is 0 Å². The summed E-state index contributed by atoms with van der Waals surface area (Å²) in [5, 5.41) is 14.8. The summed E-state index contributed by atoms with van der Waals surface area (Å²) < 4.78 is 0. The molecule has 6 heteroatoms. The molecule has 0 radical (unpaired) electrons. The van der Waals surface area contributed by atoms with Gasteiger partial charge in [0.15, 0.2) is 0 Å². The van der Waals surface area contributed by atoms with Crippen LogP contribution in [-0.2, 0) is 20.4 Å². The average molecular weight is 208 g/mol. The quantitative estimate of drug-likeness (QED) is 0.238. The molecular weight excluding hydrogens is 208 g/mol. The molecular formula is KNO3Pd. The summed E-state index contributed by atoms with van der Waals surface area (Å²) >= 11 is 0. The molecule has 0 heterocycles. The fourth-order valence-corrected chi connectivity index (χ4v) is 0. The molecule has 0 bridgehead atoms. The maximum atomic E-state index is 8.25. The molecule has 0 amide bonds. The van der Waals surface area contributed by atoms with E-state index < -0.39 is 5.09 Å². The second-order valence-corrected chi connectivity index (χ2v) is 0.224. The van der Waals surface area contributed by atoms with Crippen molar-refractivity contribution in [2.45, 2.75) is 0 Å². The largest absolute Gasteiger partial charge is 1.00 e.